The van der Waals surface area contributed by atoms with E-state index in [1.54, 1.807) is 0 Å². The van der Waals surface area contributed by atoms with Crippen molar-refractivity contribution in [3.63, 3.8) is 0 Å². The van der Waals surface area contributed by atoms with Crippen LogP contribution in [-0.4, -0.2) is 5.71 Å². The zero-order valence-corrected chi connectivity index (χ0v) is 10.9. The highest BCUT2D eigenvalue weighted by Gasteiger charge is 2.39. The van der Waals surface area contributed by atoms with Crippen molar-refractivity contribution < 1.29 is 4.99 Å². The summed E-state index contributed by atoms with van der Waals surface area (Å²) in [6.45, 7) is 8.95. The highest BCUT2D eigenvalue weighted by Crippen LogP contribution is 2.37. The zero-order chi connectivity index (χ0) is 12.2. The van der Waals surface area contributed by atoms with Gasteiger partial charge in [0.2, 0.25) is 5.69 Å². The third-order valence-electron chi connectivity index (χ3n) is 4.16. The Labute approximate surface area is 102 Å². The molecule has 1 aliphatic heterocycles. The fourth-order valence-corrected chi connectivity index (χ4v) is 2.84. The van der Waals surface area contributed by atoms with Crippen LogP contribution in [0, 0.1) is 6.92 Å². The quantitative estimate of drug-likeness (QED) is 0.707. The molecule has 0 amide bonds. The second kappa shape index (κ2) is 3.19. The van der Waals surface area contributed by atoms with Crippen LogP contribution in [0.15, 0.2) is 30.3 Å². The highest BCUT2D eigenvalue weighted by atomic mass is 14.8. The summed E-state index contributed by atoms with van der Waals surface area (Å²) in [5.41, 5.74) is 5.51. The van der Waals surface area contributed by atoms with E-state index in [-0.39, 0.29) is 5.41 Å². The van der Waals surface area contributed by atoms with E-state index in [4.69, 9.17) is 0 Å². The fourth-order valence-electron chi connectivity index (χ4n) is 2.84. The topological polar surface area (TPSA) is 14.0 Å². The summed E-state index contributed by atoms with van der Waals surface area (Å²) in [5.74, 6) is 0. The molecule has 0 unspecified atom stereocenters. The van der Waals surface area contributed by atoms with Crippen molar-refractivity contribution >= 4 is 22.2 Å². The molecule has 1 aliphatic rings. The number of rotatable bonds is 0. The average Bonchev–Trinajstić information content (AvgIpc) is 2.50. The van der Waals surface area contributed by atoms with Crippen molar-refractivity contribution in [3.05, 3.63) is 41.5 Å². The van der Waals surface area contributed by atoms with E-state index in [9.17, 15) is 0 Å². The molecular formula is C16H18N+. The summed E-state index contributed by atoms with van der Waals surface area (Å²) in [7, 11) is 0. The van der Waals surface area contributed by atoms with Gasteiger partial charge >= 0.3 is 0 Å². The summed E-state index contributed by atoms with van der Waals surface area (Å²) < 4.78 is 0. The van der Waals surface area contributed by atoms with E-state index in [2.05, 4.69) is 63.0 Å². The predicted molar refractivity (Wildman–Crippen MR) is 73.0 cm³/mol. The van der Waals surface area contributed by atoms with E-state index < -0.39 is 0 Å². The van der Waals surface area contributed by atoms with E-state index in [0.717, 1.165) is 0 Å². The lowest BCUT2D eigenvalue weighted by atomic mass is 9.79. The smallest absolute Gasteiger partial charge is 0.208 e. The summed E-state index contributed by atoms with van der Waals surface area (Å²) in [5, 5.41) is 2.76. The molecular weight excluding hydrogens is 206 g/mol. The lowest BCUT2D eigenvalue weighted by Crippen LogP contribution is -2.64. The van der Waals surface area contributed by atoms with E-state index in [1.165, 1.54) is 33.3 Å². The minimum Gasteiger partial charge on any atom is -0.212 e. The van der Waals surface area contributed by atoms with Gasteiger partial charge in [0, 0.05) is 18.6 Å². The van der Waals surface area contributed by atoms with Crippen LogP contribution in [0.2, 0.25) is 0 Å². The Morgan fingerprint density at radius 3 is 2.47 bits per heavy atom. The van der Waals surface area contributed by atoms with Crippen molar-refractivity contribution in [2.45, 2.75) is 33.1 Å². The molecule has 0 aromatic heterocycles. The zero-order valence-electron chi connectivity index (χ0n) is 10.9. The number of hydrogen-bond acceptors (Lipinski definition) is 0. The number of fused-ring (bicyclic) bond motifs is 3. The third-order valence-corrected chi connectivity index (χ3v) is 4.16. The number of nitrogens with one attached hydrogen (secondary N) is 1. The van der Waals surface area contributed by atoms with Gasteiger partial charge in [-0.05, 0) is 43.2 Å². The molecule has 86 valence electrons. The SMILES string of the molecule is CC1=[NH+]c2ccc3c(C)cccc3c2C1(C)C. The molecule has 0 saturated carbocycles. The molecule has 0 spiro atoms. The normalized spacial score (nSPS) is 17.1. The fraction of sp³-hybridized carbons (Fsp3) is 0.312. The lowest BCUT2D eigenvalue weighted by Gasteiger charge is -2.17. The first-order valence-corrected chi connectivity index (χ1v) is 6.15. The van der Waals surface area contributed by atoms with E-state index >= 15 is 0 Å². The van der Waals surface area contributed by atoms with Gasteiger partial charge in [-0.15, -0.1) is 0 Å². The largest absolute Gasteiger partial charge is 0.212 e. The maximum absolute atomic E-state index is 3.52. The molecule has 0 atom stereocenters. The second-order valence-electron chi connectivity index (χ2n) is 5.53. The molecule has 2 aromatic carbocycles. The molecule has 0 bridgehead atoms. The molecule has 0 saturated heterocycles. The maximum atomic E-state index is 3.52. The standard InChI is InChI=1S/C16H17N/c1-10-6-5-7-13-12(10)8-9-14-15(13)16(3,4)11(2)17-14/h5-9H,1-4H3/p+1. The Morgan fingerprint density at radius 2 is 1.71 bits per heavy atom. The molecule has 1 nitrogen and oxygen atoms in total. The Hall–Kier alpha value is -1.63. The molecule has 2 aromatic rings. The van der Waals surface area contributed by atoms with Gasteiger partial charge in [0.25, 0.3) is 0 Å². The monoisotopic (exact) mass is 224 g/mol. The predicted octanol–water partition coefficient (Wildman–Crippen LogP) is 2.61. The van der Waals surface area contributed by atoms with Crippen LogP contribution >= 0.6 is 0 Å². The van der Waals surface area contributed by atoms with Crippen LogP contribution in [-0.2, 0) is 5.41 Å². The lowest BCUT2D eigenvalue weighted by molar-refractivity contribution is -0.351. The Balaban J connectivity index is 2.46. The first-order valence-electron chi connectivity index (χ1n) is 6.15. The molecule has 1 heteroatoms. The van der Waals surface area contributed by atoms with Crippen LogP contribution in [0.5, 0.6) is 0 Å². The Bertz CT molecular complexity index is 648. The Kier molecular flexibility index (Phi) is 1.97. The minimum atomic E-state index is 0.114. The number of benzene rings is 2. The summed E-state index contributed by atoms with van der Waals surface area (Å²) in [6.07, 6.45) is 0. The molecule has 0 radical (unpaired) electrons. The van der Waals surface area contributed by atoms with Gasteiger partial charge in [-0.3, -0.25) is 0 Å². The number of aryl methyl sites for hydroxylation is 1. The van der Waals surface area contributed by atoms with Gasteiger partial charge in [-0.25, -0.2) is 4.99 Å². The third kappa shape index (κ3) is 1.28. The Morgan fingerprint density at radius 1 is 0.941 bits per heavy atom. The first kappa shape index (κ1) is 10.5. The van der Waals surface area contributed by atoms with Gasteiger partial charge in [0.1, 0.15) is 0 Å². The van der Waals surface area contributed by atoms with Gasteiger partial charge in [0.05, 0.1) is 5.41 Å². The number of hydrogen-bond donors (Lipinski definition) is 1. The van der Waals surface area contributed by atoms with Crippen LogP contribution in [0.25, 0.3) is 10.8 Å². The van der Waals surface area contributed by atoms with E-state index in [1.807, 2.05) is 0 Å². The van der Waals surface area contributed by atoms with Crippen molar-refractivity contribution in [1.29, 1.82) is 0 Å². The van der Waals surface area contributed by atoms with Gasteiger partial charge in [-0.2, -0.15) is 0 Å². The molecule has 0 aliphatic carbocycles. The summed E-state index contributed by atoms with van der Waals surface area (Å²) >= 11 is 0. The highest BCUT2D eigenvalue weighted by molar-refractivity contribution is 6.01. The molecule has 3 rings (SSSR count). The van der Waals surface area contributed by atoms with Crippen molar-refractivity contribution in [2.24, 2.45) is 0 Å². The van der Waals surface area contributed by atoms with Crippen molar-refractivity contribution in [1.82, 2.24) is 0 Å². The van der Waals surface area contributed by atoms with Gasteiger partial charge in [-0.1, -0.05) is 18.2 Å². The molecule has 17 heavy (non-hydrogen) atoms. The second-order valence-corrected chi connectivity index (χ2v) is 5.53. The molecule has 1 heterocycles. The van der Waals surface area contributed by atoms with Crippen LogP contribution < -0.4 is 4.99 Å². The first-order chi connectivity index (χ1) is 8.01. The molecule has 0 fully saturated rings. The van der Waals surface area contributed by atoms with Crippen molar-refractivity contribution in [2.75, 3.05) is 0 Å². The minimum absolute atomic E-state index is 0.114. The van der Waals surface area contributed by atoms with Crippen molar-refractivity contribution in [3.8, 4) is 0 Å². The maximum Gasteiger partial charge on any atom is 0.208 e. The molecule has 1 N–H and O–H groups in total. The van der Waals surface area contributed by atoms with Crippen LogP contribution in [0.1, 0.15) is 31.9 Å². The van der Waals surface area contributed by atoms with E-state index in [0.29, 0.717) is 0 Å². The summed E-state index contributed by atoms with van der Waals surface area (Å²) in [4.78, 5) is 3.52. The van der Waals surface area contributed by atoms with Crippen LogP contribution in [0.4, 0.5) is 5.69 Å². The van der Waals surface area contributed by atoms with Crippen LogP contribution in [0.3, 0.4) is 0 Å². The van der Waals surface area contributed by atoms with Gasteiger partial charge in [0.15, 0.2) is 5.71 Å². The van der Waals surface area contributed by atoms with Gasteiger partial charge < -0.3 is 0 Å². The average molecular weight is 224 g/mol. The summed E-state index contributed by atoms with van der Waals surface area (Å²) in [6, 6.07) is 11.0.